The Balaban J connectivity index is 2.00. The van der Waals surface area contributed by atoms with Gasteiger partial charge in [-0.15, -0.1) is 0 Å². The average molecular weight is 290 g/mol. The van der Waals surface area contributed by atoms with Gasteiger partial charge < -0.3 is 17.2 Å². The molecule has 0 spiro atoms. The zero-order valence-electron chi connectivity index (χ0n) is 13.1. The lowest BCUT2D eigenvalue weighted by Gasteiger charge is -2.18. The molecule has 1 aliphatic rings. The third kappa shape index (κ3) is 5.10. The van der Waals surface area contributed by atoms with E-state index in [4.69, 9.17) is 17.2 Å². The molecule has 6 N–H and O–H groups in total. The van der Waals surface area contributed by atoms with Crippen molar-refractivity contribution < 1.29 is 0 Å². The quantitative estimate of drug-likeness (QED) is 0.770. The van der Waals surface area contributed by atoms with E-state index in [0.29, 0.717) is 23.2 Å². The zero-order chi connectivity index (χ0) is 15.1. The predicted octanol–water partition coefficient (Wildman–Crippen LogP) is 3.90. The Morgan fingerprint density at radius 1 is 0.857 bits per heavy atom. The van der Waals surface area contributed by atoms with Gasteiger partial charge in [-0.05, 0) is 24.0 Å². The molecule has 118 valence electrons. The topological polar surface area (TPSA) is 91.0 Å². The Morgan fingerprint density at radius 3 is 1.95 bits per heavy atom. The van der Waals surface area contributed by atoms with Crippen LogP contribution >= 0.6 is 0 Å². The van der Waals surface area contributed by atoms with Gasteiger partial charge >= 0.3 is 0 Å². The number of nitrogens with two attached hydrogens (primary N) is 3. The van der Waals surface area contributed by atoms with Crippen LogP contribution in [0.15, 0.2) is 6.07 Å². The van der Waals surface area contributed by atoms with Crippen LogP contribution in [-0.4, -0.2) is 4.98 Å². The van der Waals surface area contributed by atoms with E-state index in [1.807, 2.05) is 6.07 Å². The second-order valence-electron chi connectivity index (χ2n) is 6.48. The van der Waals surface area contributed by atoms with Gasteiger partial charge in [0.25, 0.3) is 0 Å². The van der Waals surface area contributed by atoms with Crippen molar-refractivity contribution in [3.63, 3.8) is 0 Å². The second-order valence-corrected chi connectivity index (χ2v) is 6.48. The first-order chi connectivity index (χ1) is 10.2. The van der Waals surface area contributed by atoms with Gasteiger partial charge in [-0.1, -0.05) is 64.2 Å². The van der Waals surface area contributed by atoms with Crippen LogP contribution in [0.25, 0.3) is 0 Å². The van der Waals surface area contributed by atoms with Gasteiger partial charge in [0.2, 0.25) is 0 Å². The van der Waals surface area contributed by atoms with Crippen LogP contribution in [0.4, 0.5) is 17.3 Å². The number of nitrogens with zero attached hydrogens (tertiary/aromatic N) is 1. The molecule has 1 aliphatic carbocycles. The highest BCUT2D eigenvalue weighted by Gasteiger charge is 2.14. The summed E-state index contributed by atoms with van der Waals surface area (Å²) in [4.78, 5) is 4.03. The summed E-state index contributed by atoms with van der Waals surface area (Å²) in [6.07, 6.45) is 14.6. The lowest BCUT2D eigenvalue weighted by atomic mass is 9.89. The normalized spacial score (nSPS) is 19.0. The molecule has 2 rings (SSSR count). The van der Waals surface area contributed by atoms with Crippen molar-refractivity contribution >= 4 is 17.3 Å². The molecule has 1 fully saturated rings. The van der Waals surface area contributed by atoms with Gasteiger partial charge in [-0.25, -0.2) is 4.98 Å². The highest BCUT2D eigenvalue weighted by Crippen LogP contribution is 2.28. The van der Waals surface area contributed by atoms with E-state index in [9.17, 15) is 0 Å². The minimum atomic E-state index is 0.377. The van der Waals surface area contributed by atoms with Crippen LogP contribution in [0.3, 0.4) is 0 Å². The summed E-state index contributed by atoms with van der Waals surface area (Å²) in [5.74, 6) is 1.56. The first-order valence-electron chi connectivity index (χ1n) is 8.47. The van der Waals surface area contributed by atoms with Gasteiger partial charge in [0.15, 0.2) is 0 Å². The smallest absolute Gasteiger partial charge is 0.149 e. The molecule has 0 unspecified atom stereocenters. The lowest BCUT2D eigenvalue weighted by Crippen LogP contribution is -2.10. The fraction of sp³-hybridized carbons (Fsp3) is 0.706. The van der Waals surface area contributed by atoms with E-state index in [-0.39, 0.29) is 0 Å². The average Bonchev–Trinajstić information content (AvgIpc) is 2.50. The Hall–Kier alpha value is -1.45. The van der Waals surface area contributed by atoms with E-state index >= 15 is 0 Å². The van der Waals surface area contributed by atoms with E-state index in [1.165, 1.54) is 64.2 Å². The number of rotatable bonds is 2. The summed E-state index contributed by atoms with van der Waals surface area (Å²) in [7, 11) is 0. The van der Waals surface area contributed by atoms with Gasteiger partial charge in [-0.3, -0.25) is 0 Å². The first-order valence-corrected chi connectivity index (χ1v) is 8.47. The molecule has 0 amide bonds. The minimum absolute atomic E-state index is 0.377. The van der Waals surface area contributed by atoms with Crippen molar-refractivity contribution in [2.75, 3.05) is 17.2 Å². The van der Waals surface area contributed by atoms with Gasteiger partial charge in [-0.2, -0.15) is 0 Å². The predicted molar refractivity (Wildman–Crippen MR) is 90.8 cm³/mol. The fourth-order valence-electron chi connectivity index (χ4n) is 3.41. The van der Waals surface area contributed by atoms with Gasteiger partial charge in [0.1, 0.15) is 11.6 Å². The van der Waals surface area contributed by atoms with E-state index < -0.39 is 0 Å². The molecule has 4 nitrogen and oxygen atoms in total. The SMILES string of the molecule is Nc1cc(CC2CCCCCCCCCC2)c(N)c(N)n1. The van der Waals surface area contributed by atoms with Crippen LogP contribution in [0, 0.1) is 5.92 Å². The Bertz CT molecular complexity index is 433. The Labute approximate surface area is 128 Å². The molecule has 1 aromatic heterocycles. The summed E-state index contributed by atoms with van der Waals surface area (Å²) in [6.45, 7) is 0. The molecular formula is C17H30N4. The number of nitrogen functional groups attached to an aromatic ring is 3. The van der Waals surface area contributed by atoms with E-state index in [2.05, 4.69) is 4.98 Å². The highest BCUT2D eigenvalue weighted by atomic mass is 14.9. The molecule has 1 saturated carbocycles. The maximum absolute atomic E-state index is 6.08. The van der Waals surface area contributed by atoms with Crippen LogP contribution in [0.5, 0.6) is 0 Å². The van der Waals surface area contributed by atoms with Crippen molar-refractivity contribution in [2.45, 2.75) is 70.6 Å². The number of hydrogen-bond acceptors (Lipinski definition) is 4. The van der Waals surface area contributed by atoms with E-state index in [1.54, 1.807) is 0 Å². The number of hydrogen-bond donors (Lipinski definition) is 3. The molecule has 0 bridgehead atoms. The first kappa shape index (κ1) is 15.9. The van der Waals surface area contributed by atoms with Crippen molar-refractivity contribution in [3.8, 4) is 0 Å². The van der Waals surface area contributed by atoms with Crippen molar-refractivity contribution in [2.24, 2.45) is 5.92 Å². The van der Waals surface area contributed by atoms with Crippen molar-refractivity contribution in [1.29, 1.82) is 0 Å². The molecule has 1 heterocycles. The summed E-state index contributed by atoms with van der Waals surface area (Å²) in [5.41, 5.74) is 19.4. The Kier molecular flexibility index (Phi) is 6.15. The number of pyridine rings is 1. The number of anilines is 3. The third-order valence-corrected chi connectivity index (χ3v) is 4.68. The number of aromatic nitrogens is 1. The summed E-state index contributed by atoms with van der Waals surface area (Å²) >= 11 is 0. The molecule has 0 aliphatic heterocycles. The van der Waals surface area contributed by atoms with E-state index in [0.717, 1.165) is 12.0 Å². The largest absolute Gasteiger partial charge is 0.396 e. The third-order valence-electron chi connectivity index (χ3n) is 4.68. The minimum Gasteiger partial charge on any atom is -0.396 e. The highest BCUT2D eigenvalue weighted by molar-refractivity contribution is 5.66. The second kappa shape index (κ2) is 8.11. The lowest BCUT2D eigenvalue weighted by molar-refractivity contribution is 0.412. The maximum atomic E-state index is 6.08. The molecular weight excluding hydrogens is 260 g/mol. The molecule has 0 saturated heterocycles. The van der Waals surface area contributed by atoms with Gasteiger partial charge in [0, 0.05) is 0 Å². The summed E-state index contributed by atoms with van der Waals surface area (Å²) in [6, 6.07) is 1.90. The molecule has 21 heavy (non-hydrogen) atoms. The van der Waals surface area contributed by atoms with Crippen molar-refractivity contribution in [3.05, 3.63) is 11.6 Å². The van der Waals surface area contributed by atoms with Crippen molar-refractivity contribution in [1.82, 2.24) is 4.98 Å². The molecule has 0 atom stereocenters. The monoisotopic (exact) mass is 290 g/mol. The standard InChI is InChI=1S/C17H30N4/c18-15-12-14(16(19)17(20)21-15)11-13-9-7-5-3-1-2-4-6-8-10-13/h12-13H,1-11,19H2,(H4,18,20,21). The van der Waals surface area contributed by atoms with Crippen LogP contribution in [0.2, 0.25) is 0 Å². The summed E-state index contributed by atoms with van der Waals surface area (Å²) in [5, 5.41) is 0. The van der Waals surface area contributed by atoms with Crippen LogP contribution < -0.4 is 17.2 Å². The molecule has 0 aromatic carbocycles. The summed E-state index contributed by atoms with van der Waals surface area (Å²) < 4.78 is 0. The zero-order valence-corrected chi connectivity index (χ0v) is 13.1. The Morgan fingerprint density at radius 2 is 1.38 bits per heavy atom. The van der Waals surface area contributed by atoms with Crippen LogP contribution in [-0.2, 0) is 6.42 Å². The molecule has 0 radical (unpaired) electrons. The molecule has 4 heteroatoms. The van der Waals surface area contributed by atoms with Crippen LogP contribution in [0.1, 0.15) is 69.8 Å². The fourth-order valence-corrected chi connectivity index (χ4v) is 3.41. The maximum Gasteiger partial charge on any atom is 0.149 e. The van der Waals surface area contributed by atoms with Gasteiger partial charge in [0.05, 0.1) is 5.69 Å². The molecule has 1 aromatic rings.